The van der Waals surface area contributed by atoms with E-state index in [0.717, 1.165) is 29.0 Å². The second kappa shape index (κ2) is 5.44. The van der Waals surface area contributed by atoms with Crippen LogP contribution >= 0.6 is 23.2 Å². The van der Waals surface area contributed by atoms with E-state index in [4.69, 9.17) is 28.9 Å². The molecule has 0 aliphatic heterocycles. The number of aromatic nitrogens is 2. The Kier molecular flexibility index (Phi) is 3.66. The van der Waals surface area contributed by atoms with Crippen LogP contribution in [-0.4, -0.2) is 15.9 Å². The van der Waals surface area contributed by atoms with Gasteiger partial charge in [0.2, 0.25) is 0 Å². The van der Waals surface area contributed by atoms with E-state index in [2.05, 4.69) is 9.38 Å². The molecule has 3 nitrogen and oxygen atoms in total. The van der Waals surface area contributed by atoms with Gasteiger partial charge in [0.05, 0.1) is 21.4 Å². The van der Waals surface area contributed by atoms with E-state index in [0.29, 0.717) is 16.6 Å². The molecule has 0 unspecified atom stereocenters. The minimum atomic E-state index is 0.528. The zero-order chi connectivity index (χ0) is 14.1. The number of hydrogen-bond acceptors (Lipinski definition) is 2. The van der Waals surface area contributed by atoms with Gasteiger partial charge in [-0.25, -0.2) is 4.98 Å². The van der Waals surface area contributed by atoms with E-state index in [1.165, 1.54) is 0 Å². The molecule has 0 radical (unpaired) electrons. The summed E-state index contributed by atoms with van der Waals surface area (Å²) in [5.74, 6) is 0. The van der Waals surface area contributed by atoms with Crippen LogP contribution < -0.4 is 5.73 Å². The molecule has 0 spiro atoms. The highest BCUT2D eigenvalue weighted by atomic mass is 35.5. The molecule has 2 N–H and O–H groups in total. The maximum absolute atomic E-state index is 6.10. The first-order chi connectivity index (χ1) is 9.70. The number of fused-ring (bicyclic) bond motifs is 1. The molecule has 0 aliphatic carbocycles. The molecule has 2 heterocycles. The van der Waals surface area contributed by atoms with Gasteiger partial charge in [0, 0.05) is 18.2 Å². The van der Waals surface area contributed by atoms with E-state index in [1.54, 1.807) is 6.07 Å². The number of hydrogen-bond donors (Lipinski definition) is 1. The number of nitrogens with two attached hydrogens (primary N) is 1. The highest BCUT2D eigenvalue weighted by Crippen LogP contribution is 2.30. The highest BCUT2D eigenvalue weighted by Gasteiger charge is 2.14. The summed E-state index contributed by atoms with van der Waals surface area (Å²) in [6, 6.07) is 11.5. The zero-order valence-electron chi connectivity index (χ0n) is 10.7. The van der Waals surface area contributed by atoms with Crippen LogP contribution in [0, 0.1) is 0 Å². The van der Waals surface area contributed by atoms with Crippen molar-refractivity contribution in [2.24, 2.45) is 5.73 Å². The molecule has 2 aromatic heterocycles. The van der Waals surface area contributed by atoms with Crippen LogP contribution in [0.1, 0.15) is 5.69 Å². The fraction of sp³-hybridized carbons (Fsp3) is 0.133. The van der Waals surface area contributed by atoms with Gasteiger partial charge in [-0.3, -0.25) is 0 Å². The average molecular weight is 306 g/mol. The maximum Gasteiger partial charge on any atom is 0.137 e. The quantitative estimate of drug-likeness (QED) is 0.799. The lowest BCUT2D eigenvalue weighted by Gasteiger charge is -2.05. The predicted octanol–water partition coefficient (Wildman–Crippen LogP) is 3.81. The Morgan fingerprint density at radius 3 is 2.70 bits per heavy atom. The largest absolute Gasteiger partial charge is 0.330 e. The van der Waals surface area contributed by atoms with Crippen LogP contribution in [0.4, 0.5) is 0 Å². The van der Waals surface area contributed by atoms with Crippen LogP contribution in [0.25, 0.3) is 16.9 Å². The fourth-order valence-electron chi connectivity index (χ4n) is 2.30. The predicted molar refractivity (Wildman–Crippen MR) is 83.4 cm³/mol. The SMILES string of the molecule is NCCc1c(-c2ccc(Cl)c(Cl)c2)nc2ccccn12. The van der Waals surface area contributed by atoms with E-state index in [9.17, 15) is 0 Å². The number of benzene rings is 1. The summed E-state index contributed by atoms with van der Waals surface area (Å²) in [4.78, 5) is 4.68. The number of pyridine rings is 1. The minimum absolute atomic E-state index is 0.528. The van der Waals surface area contributed by atoms with Crippen molar-refractivity contribution in [1.29, 1.82) is 0 Å². The monoisotopic (exact) mass is 305 g/mol. The molecular weight excluding hydrogens is 293 g/mol. The molecule has 5 heteroatoms. The second-order valence-electron chi connectivity index (χ2n) is 4.50. The average Bonchev–Trinajstić information content (AvgIpc) is 2.82. The van der Waals surface area contributed by atoms with Crippen molar-refractivity contribution in [1.82, 2.24) is 9.38 Å². The first-order valence-corrected chi connectivity index (χ1v) is 7.08. The molecule has 0 saturated carbocycles. The van der Waals surface area contributed by atoms with E-state index < -0.39 is 0 Å². The zero-order valence-corrected chi connectivity index (χ0v) is 12.2. The third kappa shape index (κ3) is 2.29. The van der Waals surface area contributed by atoms with Crippen molar-refractivity contribution in [3.05, 3.63) is 58.3 Å². The Hall–Kier alpha value is -1.55. The first-order valence-electron chi connectivity index (χ1n) is 6.32. The van der Waals surface area contributed by atoms with Crippen LogP contribution in [0.3, 0.4) is 0 Å². The van der Waals surface area contributed by atoms with Crippen LogP contribution in [0.5, 0.6) is 0 Å². The lowest BCUT2D eigenvalue weighted by Crippen LogP contribution is -2.06. The number of rotatable bonds is 3. The van der Waals surface area contributed by atoms with Crippen molar-refractivity contribution in [2.75, 3.05) is 6.54 Å². The third-order valence-corrected chi connectivity index (χ3v) is 3.94. The fourth-order valence-corrected chi connectivity index (χ4v) is 2.59. The molecule has 0 amide bonds. The van der Waals surface area contributed by atoms with Gasteiger partial charge in [-0.05, 0) is 30.8 Å². The standard InChI is InChI=1S/C15H13Cl2N3/c16-11-5-4-10(9-12(11)17)15-13(6-7-18)20-8-2-1-3-14(20)19-15/h1-5,8-9H,6-7,18H2. The number of imidazole rings is 1. The summed E-state index contributed by atoms with van der Waals surface area (Å²) in [6.45, 7) is 0.566. The summed E-state index contributed by atoms with van der Waals surface area (Å²) >= 11 is 12.1. The summed E-state index contributed by atoms with van der Waals surface area (Å²) in [5, 5.41) is 1.07. The summed E-state index contributed by atoms with van der Waals surface area (Å²) in [7, 11) is 0. The van der Waals surface area contributed by atoms with Crippen LogP contribution in [0.15, 0.2) is 42.6 Å². The lowest BCUT2D eigenvalue weighted by atomic mass is 10.1. The Bertz CT molecular complexity index is 765. The Labute approximate surface area is 127 Å². The van der Waals surface area contributed by atoms with Crippen molar-refractivity contribution in [2.45, 2.75) is 6.42 Å². The van der Waals surface area contributed by atoms with Gasteiger partial charge in [0.15, 0.2) is 0 Å². The molecule has 0 fully saturated rings. The molecule has 0 atom stereocenters. The third-order valence-electron chi connectivity index (χ3n) is 3.20. The van der Waals surface area contributed by atoms with E-state index in [1.807, 2.05) is 36.5 Å². The van der Waals surface area contributed by atoms with Gasteiger partial charge in [0.1, 0.15) is 5.65 Å². The van der Waals surface area contributed by atoms with Gasteiger partial charge in [-0.2, -0.15) is 0 Å². The molecule has 3 rings (SSSR count). The van der Waals surface area contributed by atoms with E-state index in [-0.39, 0.29) is 0 Å². The van der Waals surface area contributed by atoms with Gasteiger partial charge >= 0.3 is 0 Å². The molecule has 20 heavy (non-hydrogen) atoms. The maximum atomic E-state index is 6.10. The normalized spacial score (nSPS) is 11.2. The number of halogens is 2. The van der Waals surface area contributed by atoms with Gasteiger partial charge in [-0.15, -0.1) is 0 Å². The summed E-state index contributed by atoms with van der Waals surface area (Å²) < 4.78 is 2.06. The molecule has 0 aliphatic rings. The van der Waals surface area contributed by atoms with Crippen molar-refractivity contribution in [3.63, 3.8) is 0 Å². The molecular formula is C15H13Cl2N3. The Balaban J connectivity index is 2.23. The molecule has 102 valence electrons. The van der Waals surface area contributed by atoms with Crippen LogP contribution in [-0.2, 0) is 6.42 Å². The second-order valence-corrected chi connectivity index (χ2v) is 5.32. The molecule has 3 aromatic rings. The Morgan fingerprint density at radius 2 is 1.95 bits per heavy atom. The van der Waals surface area contributed by atoms with E-state index >= 15 is 0 Å². The smallest absolute Gasteiger partial charge is 0.137 e. The lowest BCUT2D eigenvalue weighted by molar-refractivity contribution is 0.907. The van der Waals surface area contributed by atoms with Crippen molar-refractivity contribution >= 4 is 28.8 Å². The van der Waals surface area contributed by atoms with Crippen LogP contribution in [0.2, 0.25) is 10.0 Å². The first kappa shape index (κ1) is 13.4. The van der Waals surface area contributed by atoms with Gasteiger partial charge in [-0.1, -0.05) is 35.3 Å². The Morgan fingerprint density at radius 1 is 1.10 bits per heavy atom. The van der Waals surface area contributed by atoms with Gasteiger partial charge in [0.25, 0.3) is 0 Å². The molecule has 0 bridgehead atoms. The van der Waals surface area contributed by atoms with Crippen molar-refractivity contribution in [3.8, 4) is 11.3 Å². The minimum Gasteiger partial charge on any atom is -0.330 e. The molecule has 0 saturated heterocycles. The molecule has 1 aromatic carbocycles. The summed E-state index contributed by atoms with van der Waals surface area (Å²) in [6.07, 6.45) is 2.75. The van der Waals surface area contributed by atoms with Crippen molar-refractivity contribution < 1.29 is 0 Å². The number of nitrogens with zero attached hydrogens (tertiary/aromatic N) is 2. The topological polar surface area (TPSA) is 43.3 Å². The van der Waals surface area contributed by atoms with Gasteiger partial charge < -0.3 is 10.1 Å². The highest BCUT2D eigenvalue weighted by molar-refractivity contribution is 6.42. The summed E-state index contributed by atoms with van der Waals surface area (Å²) in [5.41, 5.74) is 9.56.